The Labute approximate surface area is 59.1 Å². The second-order valence-corrected chi connectivity index (χ2v) is 2.14. The maximum Gasteiger partial charge on any atom is -0.00189 e. The lowest BCUT2D eigenvalue weighted by molar-refractivity contribution is 0.299. The highest BCUT2D eigenvalue weighted by atomic mass is 15.1. The van der Waals surface area contributed by atoms with Crippen LogP contribution in [0.15, 0.2) is 0 Å². The number of rotatable bonds is 5. The Morgan fingerprint density at radius 1 is 1.11 bits per heavy atom. The highest BCUT2D eigenvalue weighted by Gasteiger charge is 1.95. The van der Waals surface area contributed by atoms with Crippen molar-refractivity contribution in [1.29, 1.82) is 0 Å². The highest BCUT2D eigenvalue weighted by molar-refractivity contribution is 4.56. The van der Waals surface area contributed by atoms with E-state index in [1.165, 1.54) is 0 Å². The highest BCUT2D eigenvalue weighted by Crippen LogP contribution is 1.91. The van der Waals surface area contributed by atoms with E-state index in [0.717, 1.165) is 32.5 Å². The van der Waals surface area contributed by atoms with Gasteiger partial charge in [0.2, 0.25) is 0 Å². The predicted octanol–water partition coefficient (Wildman–Crippen LogP) is 1.76. The second kappa shape index (κ2) is 6.09. The largest absolute Gasteiger partial charge is 0.304 e. The quantitative estimate of drug-likeness (QED) is 0.544. The maximum absolute atomic E-state index is 3.79. The maximum atomic E-state index is 3.79. The average molecular weight is 127 g/mol. The average Bonchev–Trinajstić information content (AvgIpc) is 1.88. The molecule has 9 heavy (non-hydrogen) atoms. The molecule has 0 heterocycles. The van der Waals surface area contributed by atoms with Crippen molar-refractivity contribution in [3.63, 3.8) is 0 Å². The van der Waals surface area contributed by atoms with Crippen molar-refractivity contribution < 1.29 is 0 Å². The fourth-order valence-electron chi connectivity index (χ4n) is 0.875. The van der Waals surface area contributed by atoms with Crippen LogP contribution in [0, 0.1) is 13.8 Å². The molecule has 1 nitrogen and oxygen atoms in total. The Bertz CT molecular complexity index is 46.5. The van der Waals surface area contributed by atoms with Gasteiger partial charge in [0.05, 0.1) is 0 Å². The summed E-state index contributed by atoms with van der Waals surface area (Å²) < 4.78 is 0. The van der Waals surface area contributed by atoms with Crippen LogP contribution >= 0.6 is 0 Å². The summed E-state index contributed by atoms with van der Waals surface area (Å²) in [4.78, 5) is 2.36. The van der Waals surface area contributed by atoms with Gasteiger partial charge in [-0.2, -0.15) is 0 Å². The molecule has 0 unspecified atom stereocenters. The van der Waals surface area contributed by atoms with Crippen LogP contribution < -0.4 is 0 Å². The lowest BCUT2D eigenvalue weighted by Gasteiger charge is -2.17. The molecule has 0 aromatic carbocycles. The first-order chi connectivity index (χ1) is 4.35. The Morgan fingerprint density at radius 3 is 1.78 bits per heavy atom. The Balaban J connectivity index is 3.18. The first kappa shape index (κ1) is 8.96. The van der Waals surface area contributed by atoms with Gasteiger partial charge >= 0.3 is 0 Å². The molecule has 0 aliphatic rings. The van der Waals surface area contributed by atoms with Gasteiger partial charge in [0.15, 0.2) is 0 Å². The Kier molecular flexibility index (Phi) is 6.06. The van der Waals surface area contributed by atoms with E-state index in [1.54, 1.807) is 0 Å². The number of hydrogen-bond donors (Lipinski definition) is 0. The standard InChI is InChI=1S/C8H17N/c1-4-7-9(6-3)8-5-2/h1-2,4-8H2,3H3. The minimum Gasteiger partial charge on any atom is -0.304 e. The fraction of sp³-hybridized carbons (Fsp3) is 0.750. The fourth-order valence-corrected chi connectivity index (χ4v) is 0.875. The molecule has 0 N–H and O–H groups in total. The van der Waals surface area contributed by atoms with Crippen LogP contribution in [-0.4, -0.2) is 24.5 Å². The third-order valence-electron chi connectivity index (χ3n) is 1.40. The van der Waals surface area contributed by atoms with Gasteiger partial charge in [0.1, 0.15) is 0 Å². The smallest absolute Gasteiger partial charge is 0.00189 e. The molecule has 0 rings (SSSR count). The molecule has 0 spiro atoms. The summed E-state index contributed by atoms with van der Waals surface area (Å²) in [6.45, 7) is 13.1. The van der Waals surface area contributed by atoms with E-state index in [2.05, 4.69) is 25.7 Å². The summed E-state index contributed by atoms with van der Waals surface area (Å²) >= 11 is 0. The van der Waals surface area contributed by atoms with Crippen molar-refractivity contribution in [3.05, 3.63) is 13.8 Å². The second-order valence-electron chi connectivity index (χ2n) is 2.14. The van der Waals surface area contributed by atoms with E-state index >= 15 is 0 Å². The molecule has 0 saturated heterocycles. The lowest BCUT2D eigenvalue weighted by Crippen LogP contribution is -2.24. The molecule has 0 aliphatic heterocycles. The molecule has 0 atom stereocenters. The zero-order valence-corrected chi connectivity index (χ0v) is 6.40. The van der Waals surface area contributed by atoms with Gasteiger partial charge < -0.3 is 4.90 Å². The van der Waals surface area contributed by atoms with E-state index in [0.29, 0.717) is 0 Å². The third kappa shape index (κ3) is 4.46. The summed E-state index contributed by atoms with van der Waals surface area (Å²) in [6.07, 6.45) is 2.02. The molecule has 0 aliphatic carbocycles. The zero-order chi connectivity index (χ0) is 7.11. The van der Waals surface area contributed by atoms with Crippen molar-refractivity contribution in [1.82, 2.24) is 4.90 Å². The topological polar surface area (TPSA) is 3.24 Å². The molecule has 0 fully saturated rings. The molecule has 1 heteroatoms. The van der Waals surface area contributed by atoms with Gasteiger partial charge in [-0.1, -0.05) is 20.8 Å². The minimum atomic E-state index is 1.01. The van der Waals surface area contributed by atoms with Crippen LogP contribution in [0.4, 0.5) is 0 Å². The van der Waals surface area contributed by atoms with E-state index in [-0.39, 0.29) is 0 Å². The van der Waals surface area contributed by atoms with E-state index in [4.69, 9.17) is 0 Å². The van der Waals surface area contributed by atoms with Gasteiger partial charge in [-0.05, 0) is 32.5 Å². The molecule has 0 aromatic rings. The van der Waals surface area contributed by atoms with Crippen molar-refractivity contribution >= 4 is 0 Å². The molecular weight excluding hydrogens is 110 g/mol. The van der Waals surface area contributed by atoms with Gasteiger partial charge in [-0.3, -0.25) is 0 Å². The Hall–Kier alpha value is -0.0400. The molecule has 0 aromatic heterocycles. The van der Waals surface area contributed by atoms with E-state index in [1.807, 2.05) is 0 Å². The van der Waals surface area contributed by atoms with Crippen molar-refractivity contribution in [2.75, 3.05) is 19.6 Å². The van der Waals surface area contributed by atoms with Crippen LogP contribution in [0.2, 0.25) is 0 Å². The molecule has 0 amide bonds. The first-order valence-corrected chi connectivity index (χ1v) is 3.66. The van der Waals surface area contributed by atoms with Gasteiger partial charge in [0.25, 0.3) is 0 Å². The molecule has 54 valence electrons. The summed E-state index contributed by atoms with van der Waals surface area (Å²) in [6, 6.07) is 0. The van der Waals surface area contributed by atoms with Crippen LogP contribution in [0.3, 0.4) is 0 Å². The number of hydrogen-bond acceptors (Lipinski definition) is 1. The van der Waals surface area contributed by atoms with Gasteiger partial charge in [-0.25, -0.2) is 0 Å². The molecule has 0 saturated carbocycles. The first-order valence-electron chi connectivity index (χ1n) is 3.66. The minimum absolute atomic E-state index is 1.01. The zero-order valence-electron chi connectivity index (χ0n) is 6.40. The predicted molar refractivity (Wildman–Crippen MR) is 42.1 cm³/mol. The molecule has 0 bridgehead atoms. The summed E-state index contributed by atoms with van der Waals surface area (Å²) in [5.41, 5.74) is 0. The molecule has 2 radical (unpaired) electrons. The lowest BCUT2D eigenvalue weighted by atomic mass is 10.3. The van der Waals surface area contributed by atoms with Gasteiger partial charge in [0, 0.05) is 0 Å². The van der Waals surface area contributed by atoms with Crippen molar-refractivity contribution in [2.24, 2.45) is 0 Å². The number of nitrogens with zero attached hydrogens (tertiary/aromatic N) is 1. The normalized spacial score (nSPS) is 10.7. The van der Waals surface area contributed by atoms with Crippen molar-refractivity contribution in [2.45, 2.75) is 19.8 Å². The summed E-state index contributed by atoms with van der Waals surface area (Å²) in [7, 11) is 0. The summed E-state index contributed by atoms with van der Waals surface area (Å²) in [5.74, 6) is 0. The monoisotopic (exact) mass is 127 g/mol. The SMILES string of the molecule is [CH2]CCN(CC)CC[CH2]. The van der Waals surface area contributed by atoms with Crippen LogP contribution in [-0.2, 0) is 0 Å². The molecular formula is C8H17N. The van der Waals surface area contributed by atoms with E-state index < -0.39 is 0 Å². The van der Waals surface area contributed by atoms with Crippen LogP contribution in [0.5, 0.6) is 0 Å². The van der Waals surface area contributed by atoms with Crippen molar-refractivity contribution in [3.8, 4) is 0 Å². The van der Waals surface area contributed by atoms with E-state index in [9.17, 15) is 0 Å². The van der Waals surface area contributed by atoms with Gasteiger partial charge in [-0.15, -0.1) is 0 Å². The third-order valence-corrected chi connectivity index (χ3v) is 1.40. The Morgan fingerprint density at radius 2 is 1.56 bits per heavy atom. The van der Waals surface area contributed by atoms with Crippen LogP contribution in [0.25, 0.3) is 0 Å². The van der Waals surface area contributed by atoms with Crippen LogP contribution in [0.1, 0.15) is 19.8 Å². The summed E-state index contributed by atoms with van der Waals surface area (Å²) in [5, 5.41) is 0.